The summed E-state index contributed by atoms with van der Waals surface area (Å²) < 4.78 is 0. The fraction of sp³-hybridized carbons (Fsp3) is 0.417. The number of aromatic hydroxyl groups is 1. The summed E-state index contributed by atoms with van der Waals surface area (Å²) in [6, 6.07) is 7.66. The molecule has 0 heterocycles. The highest BCUT2D eigenvalue weighted by atomic mass is 16.3. The Balaban J connectivity index is 2.10. The molecular formula is C12H15O. The predicted octanol–water partition coefficient (Wildman–Crippen LogP) is 3.25. The fourth-order valence-corrected chi connectivity index (χ4v) is 2.01. The Bertz CT molecular complexity index is 257. The summed E-state index contributed by atoms with van der Waals surface area (Å²) in [7, 11) is 0. The quantitative estimate of drug-likeness (QED) is 0.694. The Labute approximate surface area is 79.4 Å². The van der Waals surface area contributed by atoms with Gasteiger partial charge in [-0.25, -0.2) is 0 Å². The second-order valence-electron chi connectivity index (χ2n) is 3.73. The Kier molecular flexibility index (Phi) is 2.53. The first-order valence-electron chi connectivity index (χ1n) is 4.97. The summed E-state index contributed by atoms with van der Waals surface area (Å²) >= 11 is 0. The number of hydrogen-bond acceptors (Lipinski definition) is 1. The summed E-state index contributed by atoms with van der Waals surface area (Å²) in [5, 5.41) is 9.15. The number of benzene rings is 1. The molecule has 1 nitrogen and oxygen atoms in total. The molecule has 0 amide bonds. The van der Waals surface area contributed by atoms with E-state index in [1.807, 2.05) is 12.1 Å². The maximum absolute atomic E-state index is 9.15. The van der Waals surface area contributed by atoms with Crippen LogP contribution in [-0.4, -0.2) is 5.11 Å². The van der Waals surface area contributed by atoms with E-state index in [1.165, 1.54) is 31.2 Å². The van der Waals surface area contributed by atoms with E-state index in [4.69, 9.17) is 5.11 Å². The molecular weight excluding hydrogens is 160 g/mol. The molecule has 1 fully saturated rings. The Morgan fingerprint density at radius 3 is 2.23 bits per heavy atom. The zero-order valence-electron chi connectivity index (χ0n) is 7.74. The topological polar surface area (TPSA) is 20.2 Å². The molecule has 0 unspecified atom stereocenters. The standard InChI is InChI=1S/C12H15O/c13-12-8-6-11(7-9-12)10-4-2-1-3-5-10/h1,6-10,13H,2-5H2. The Morgan fingerprint density at radius 2 is 1.62 bits per heavy atom. The number of hydrogen-bond donors (Lipinski definition) is 1. The lowest BCUT2D eigenvalue weighted by atomic mass is 9.84. The summed E-state index contributed by atoms with van der Waals surface area (Å²) in [4.78, 5) is 0. The van der Waals surface area contributed by atoms with Crippen molar-refractivity contribution in [3.05, 3.63) is 36.2 Å². The molecule has 1 radical (unpaired) electrons. The van der Waals surface area contributed by atoms with Crippen LogP contribution in [-0.2, 0) is 0 Å². The number of rotatable bonds is 1. The Morgan fingerprint density at radius 1 is 1.00 bits per heavy atom. The molecule has 0 spiro atoms. The molecule has 0 aromatic heterocycles. The van der Waals surface area contributed by atoms with Gasteiger partial charge >= 0.3 is 0 Å². The molecule has 0 atom stereocenters. The lowest BCUT2D eigenvalue weighted by molar-refractivity contribution is 0.473. The van der Waals surface area contributed by atoms with E-state index in [-0.39, 0.29) is 0 Å². The second-order valence-corrected chi connectivity index (χ2v) is 3.73. The van der Waals surface area contributed by atoms with E-state index in [0.29, 0.717) is 11.7 Å². The van der Waals surface area contributed by atoms with Crippen LogP contribution in [0.4, 0.5) is 0 Å². The van der Waals surface area contributed by atoms with Crippen LogP contribution in [0.2, 0.25) is 0 Å². The molecule has 69 valence electrons. The van der Waals surface area contributed by atoms with Crippen LogP contribution in [0.15, 0.2) is 24.3 Å². The van der Waals surface area contributed by atoms with Crippen LogP contribution < -0.4 is 0 Å². The molecule has 1 aliphatic carbocycles. The van der Waals surface area contributed by atoms with Gasteiger partial charge in [0, 0.05) is 0 Å². The Hall–Kier alpha value is -0.980. The van der Waals surface area contributed by atoms with Crippen molar-refractivity contribution in [1.29, 1.82) is 0 Å². The normalized spacial score (nSPS) is 18.8. The first kappa shape index (κ1) is 8.61. The van der Waals surface area contributed by atoms with Crippen molar-refractivity contribution >= 4 is 0 Å². The van der Waals surface area contributed by atoms with E-state index in [0.717, 1.165) is 0 Å². The molecule has 1 N–H and O–H groups in total. The number of phenolic OH excluding ortho intramolecular Hbond substituents is 1. The van der Waals surface area contributed by atoms with Gasteiger partial charge < -0.3 is 5.11 Å². The summed E-state index contributed by atoms with van der Waals surface area (Å²) in [6.45, 7) is 0. The molecule has 2 rings (SSSR count). The van der Waals surface area contributed by atoms with Crippen LogP contribution in [0.3, 0.4) is 0 Å². The monoisotopic (exact) mass is 175 g/mol. The van der Waals surface area contributed by atoms with Gasteiger partial charge in [0.15, 0.2) is 0 Å². The average molecular weight is 175 g/mol. The maximum atomic E-state index is 9.15. The minimum absolute atomic E-state index is 0.367. The van der Waals surface area contributed by atoms with Crippen molar-refractivity contribution in [1.82, 2.24) is 0 Å². The molecule has 1 saturated carbocycles. The first-order chi connectivity index (χ1) is 6.36. The van der Waals surface area contributed by atoms with Gasteiger partial charge in [0.05, 0.1) is 0 Å². The molecule has 0 bridgehead atoms. The van der Waals surface area contributed by atoms with Crippen molar-refractivity contribution in [2.75, 3.05) is 0 Å². The molecule has 0 saturated heterocycles. The molecule has 1 aromatic carbocycles. The highest BCUT2D eigenvalue weighted by Gasteiger charge is 2.14. The van der Waals surface area contributed by atoms with Crippen LogP contribution in [0.25, 0.3) is 0 Å². The highest BCUT2D eigenvalue weighted by molar-refractivity contribution is 5.28. The van der Waals surface area contributed by atoms with E-state index >= 15 is 0 Å². The zero-order valence-corrected chi connectivity index (χ0v) is 7.74. The third-order valence-electron chi connectivity index (χ3n) is 2.80. The van der Waals surface area contributed by atoms with Crippen molar-refractivity contribution in [3.8, 4) is 5.75 Å². The van der Waals surface area contributed by atoms with Crippen LogP contribution in [0.5, 0.6) is 5.75 Å². The summed E-state index contributed by atoms with van der Waals surface area (Å²) in [5.41, 5.74) is 1.38. The second kappa shape index (κ2) is 3.82. The van der Waals surface area contributed by atoms with Gasteiger partial charge in [0.25, 0.3) is 0 Å². The van der Waals surface area contributed by atoms with Gasteiger partial charge in [-0.1, -0.05) is 12.1 Å². The molecule has 1 heteroatoms. The molecule has 1 aliphatic rings. The van der Waals surface area contributed by atoms with Gasteiger partial charge in [-0.15, -0.1) is 0 Å². The minimum Gasteiger partial charge on any atom is -0.508 e. The first-order valence-corrected chi connectivity index (χ1v) is 4.97. The average Bonchev–Trinajstić information content (AvgIpc) is 2.20. The zero-order chi connectivity index (χ0) is 9.10. The van der Waals surface area contributed by atoms with Crippen molar-refractivity contribution in [2.45, 2.75) is 31.6 Å². The van der Waals surface area contributed by atoms with Gasteiger partial charge in [-0.05, 0) is 55.7 Å². The van der Waals surface area contributed by atoms with Crippen LogP contribution in [0, 0.1) is 6.42 Å². The van der Waals surface area contributed by atoms with Crippen molar-refractivity contribution in [2.24, 2.45) is 0 Å². The van der Waals surface area contributed by atoms with E-state index in [2.05, 4.69) is 6.42 Å². The number of phenols is 1. The highest BCUT2D eigenvalue weighted by Crippen LogP contribution is 2.32. The summed E-state index contributed by atoms with van der Waals surface area (Å²) in [6.07, 6.45) is 7.39. The molecule has 0 aliphatic heterocycles. The lowest BCUT2D eigenvalue weighted by Crippen LogP contribution is -2.04. The smallest absolute Gasteiger partial charge is 0.115 e. The molecule has 1 aromatic rings. The van der Waals surface area contributed by atoms with Crippen molar-refractivity contribution in [3.63, 3.8) is 0 Å². The lowest BCUT2D eigenvalue weighted by Gasteiger charge is -2.21. The van der Waals surface area contributed by atoms with Crippen LogP contribution >= 0.6 is 0 Å². The maximum Gasteiger partial charge on any atom is 0.115 e. The minimum atomic E-state index is 0.367. The largest absolute Gasteiger partial charge is 0.508 e. The SMILES string of the molecule is Oc1ccc(C2CC[CH]CC2)cc1. The van der Waals surface area contributed by atoms with E-state index in [9.17, 15) is 0 Å². The molecule has 13 heavy (non-hydrogen) atoms. The third kappa shape index (κ3) is 2.03. The van der Waals surface area contributed by atoms with Gasteiger partial charge in [0.2, 0.25) is 0 Å². The van der Waals surface area contributed by atoms with E-state index in [1.54, 1.807) is 12.1 Å². The van der Waals surface area contributed by atoms with Crippen LogP contribution in [0.1, 0.15) is 37.2 Å². The fourth-order valence-electron chi connectivity index (χ4n) is 2.01. The van der Waals surface area contributed by atoms with Gasteiger partial charge in [0.1, 0.15) is 5.75 Å². The third-order valence-corrected chi connectivity index (χ3v) is 2.80. The predicted molar refractivity (Wildman–Crippen MR) is 53.6 cm³/mol. The summed E-state index contributed by atoms with van der Waals surface area (Å²) in [5.74, 6) is 1.08. The van der Waals surface area contributed by atoms with E-state index < -0.39 is 0 Å². The van der Waals surface area contributed by atoms with Crippen molar-refractivity contribution < 1.29 is 5.11 Å². The van der Waals surface area contributed by atoms with Gasteiger partial charge in [-0.3, -0.25) is 0 Å². The van der Waals surface area contributed by atoms with Gasteiger partial charge in [-0.2, -0.15) is 0 Å².